The Morgan fingerprint density at radius 3 is 2.40 bits per heavy atom. The van der Waals surface area contributed by atoms with Crippen molar-refractivity contribution >= 4 is 5.91 Å². The van der Waals surface area contributed by atoms with Crippen LogP contribution in [0.3, 0.4) is 0 Å². The van der Waals surface area contributed by atoms with Gasteiger partial charge in [0.25, 0.3) is 0 Å². The van der Waals surface area contributed by atoms with E-state index in [0.717, 1.165) is 30.6 Å². The maximum atomic E-state index is 12.1. The van der Waals surface area contributed by atoms with Gasteiger partial charge in [-0.1, -0.05) is 45.7 Å². The molecular weight excluding hydrogens is 250 g/mol. The summed E-state index contributed by atoms with van der Waals surface area (Å²) in [6, 6.07) is 7.99. The second-order valence-electron chi connectivity index (χ2n) is 5.40. The van der Waals surface area contributed by atoms with Gasteiger partial charge >= 0.3 is 0 Å². The van der Waals surface area contributed by atoms with Crippen LogP contribution >= 0.6 is 0 Å². The summed E-state index contributed by atoms with van der Waals surface area (Å²) in [5.41, 5.74) is 1.13. The lowest BCUT2D eigenvalue weighted by atomic mass is 10.00. The molecule has 2 atom stereocenters. The number of hydrogen-bond acceptors (Lipinski definition) is 2. The molecule has 2 unspecified atom stereocenters. The predicted octanol–water partition coefficient (Wildman–Crippen LogP) is 4.09. The van der Waals surface area contributed by atoms with E-state index >= 15 is 0 Å². The molecule has 112 valence electrons. The summed E-state index contributed by atoms with van der Waals surface area (Å²) in [6.45, 7) is 6.38. The van der Waals surface area contributed by atoms with Crippen molar-refractivity contribution in [1.82, 2.24) is 5.32 Å². The van der Waals surface area contributed by atoms with E-state index in [1.807, 2.05) is 24.3 Å². The number of carbonyl (C=O) groups is 1. The zero-order valence-electron chi connectivity index (χ0n) is 13.1. The Kier molecular flexibility index (Phi) is 7.13. The number of nitrogens with one attached hydrogen (secondary N) is 1. The van der Waals surface area contributed by atoms with Gasteiger partial charge in [0.15, 0.2) is 0 Å². The summed E-state index contributed by atoms with van der Waals surface area (Å²) in [5.74, 6) is 1.44. The topological polar surface area (TPSA) is 38.3 Å². The fourth-order valence-electron chi connectivity index (χ4n) is 2.42. The zero-order valence-corrected chi connectivity index (χ0v) is 13.1. The standard InChI is InChI=1S/C17H27NO2/c1-5-7-13(3)12-17(19)18-16(6-2)14-8-10-15(20-4)11-9-14/h8-11,13,16H,5-7,12H2,1-4H3,(H,18,19). The molecule has 1 aromatic carbocycles. The first kappa shape index (κ1) is 16.5. The Bertz CT molecular complexity index is 400. The van der Waals surface area contributed by atoms with Crippen LogP contribution in [0.25, 0.3) is 0 Å². The number of methoxy groups -OCH3 is 1. The van der Waals surface area contributed by atoms with E-state index in [2.05, 4.69) is 26.1 Å². The van der Waals surface area contributed by atoms with Crippen LogP contribution in [0.2, 0.25) is 0 Å². The first-order valence-electron chi connectivity index (χ1n) is 7.54. The predicted molar refractivity (Wildman–Crippen MR) is 82.9 cm³/mol. The number of carbonyl (C=O) groups excluding carboxylic acids is 1. The van der Waals surface area contributed by atoms with E-state index in [1.54, 1.807) is 7.11 Å². The van der Waals surface area contributed by atoms with Crippen LogP contribution in [0.4, 0.5) is 0 Å². The third-order valence-electron chi connectivity index (χ3n) is 3.58. The van der Waals surface area contributed by atoms with Crippen molar-refractivity contribution < 1.29 is 9.53 Å². The molecule has 3 nitrogen and oxygen atoms in total. The second-order valence-corrected chi connectivity index (χ2v) is 5.40. The summed E-state index contributed by atoms with van der Waals surface area (Å²) in [6.07, 6.45) is 3.73. The Balaban J connectivity index is 2.59. The zero-order chi connectivity index (χ0) is 15.0. The first-order valence-corrected chi connectivity index (χ1v) is 7.54. The monoisotopic (exact) mass is 277 g/mol. The Labute approximate surface area is 122 Å². The first-order chi connectivity index (χ1) is 9.60. The molecule has 0 radical (unpaired) electrons. The van der Waals surface area contributed by atoms with Gasteiger partial charge in [0.2, 0.25) is 5.91 Å². The molecule has 0 aliphatic rings. The van der Waals surface area contributed by atoms with Gasteiger partial charge in [-0.2, -0.15) is 0 Å². The maximum Gasteiger partial charge on any atom is 0.220 e. The minimum absolute atomic E-state index is 0.0854. The van der Waals surface area contributed by atoms with Crippen molar-refractivity contribution in [3.63, 3.8) is 0 Å². The van der Waals surface area contributed by atoms with Gasteiger partial charge in [-0.15, -0.1) is 0 Å². The highest BCUT2D eigenvalue weighted by Crippen LogP contribution is 2.20. The lowest BCUT2D eigenvalue weighted by Crippen LogP contribution is -2.29. The van der Waals surface area contributed by atoms with Crippen molar-refractivity contribution in [1.29, 1.82) is 0 Å². The highest BCUT2D eigenvalue weighted by atomic mass is 16.5. The van der Waals surface area contributed by atoms with Crippen LogP contribution in [0, 0.1) is 5.92 Å². The number of ether oxygens (including phenoxy) is 1. The maximum absolute atomic E-state index is 12.1. The van der Waals surface area contributed by atoms with E-state index < -0.39 is 0 Å². The second kappa shape index (κ2) is 8.62. The van der Waals surface area contributed by atoms with Crippen molar-refractivity contribution in [2.45, 2.75) is 52.5 Å². The molecule has 1 amide bonds. The third kappa shape index (κ3) is 5.24. The van der Waals surface area contributed by atoms with E-state index in [-0.39, 0.29) is 11.9 Å². The molecule has 0 saturated carbocycles. The van der Waals surface area contributed by atoms with Crippen LogP contribution in [-0.4, -0.2) is 13.0 Å². The Hall–Kier alpha value is -1.51. The fourth-order valence-corrected chi connectivity index (χ4v) is 2.42. The Morgan fingerprint density at radius 2 is 1.90 bits per heavy atom. The smallest absolute Gasteiger partial charge is 0.220 e. The highest BCUT2D eigenvalue weighted by molar-refractivity contribution is 5.76. The fraction of sp³-hybridized carbons (Fsp3) is 0.588. The summed E-state index contributed by atoms with van der Waals surface area (Å²) in [4.78, 5) is 12.1. The third-order valence-corrected chi connectivity index (χ3v) is 3.58. The summed E-state index contributed by atoms with van der Waals surface area (Å²) < 4.78 is 5.16. The molecule has 1 rings (SSSR count). The molecule has 3 heteroatoms. The minimum atomic E-state index is 0.0854. The summed E-state index contributed by atoms with van der Waals surface area (Å²) in [7, 11) is 1.66. The molecule has 0 fully saturated rings. The van der Waals surface area contributed by atoms with Gasteiger partial charge in [0.05, 0.1) is 13.2 Å². The molecular formula is C17H27NO2. The molecule has 0 spiro atoms. The molecule has 0 saturated heterocycles. The van der Waals surface area contributed by atoms with Crippen LogP contribution in [0.5, 0.6) is 5.75 Å². The molecule has 0 aromatic heterocycles. The number of hydrogen-bond donors (Lipinski definition) is 1. The van der Waals surface area contributed by atoms with Crippen molar-refractivity contribution in [2.24, 2.45) is 5.92 Å². The van der Waals surface area contributed by atoms with Crippen LogP contribution < -0.4 is 10.1 Å². The lowest BCUT2D eigenvalue weighted by Gasteiger charge is -2.19. The molecule has 0 heterocycles. The van der Waals surface area contributed by atoms with Crippen molar-refractivity contribution in [3.8, 4) is 5.75 Å². The van der Waals surface area contributed by atoms with Crippen molar-refractivity contribution in [2.75, 3.05) is 7.11 Å². The van der Waals surface area contributed by atoms with Crippen LogP contribution in [-0.2, 0) is 4.79 Å². The molecule has 20 heavy (non-hydrogen) atoms. The van der Waals surface area contributed by atoms with Gasteiger partial charge in [0, 0.05) is 6.42 Å². The summed E-state index contributed by atoms with van der Waals surface area (Å²) >= 11 is 0. The van der Waals surface area contributed by atoms with E-state index in [4.69, 9.17) is 4.74 Å². The van der Waals surface area contributed by atoms with Crippen molar-refractivity contribution in [3.05, 3.63) is 29.8 Å². The minimum Gasteiger partial charge on any atom is -0.497 e. The van der Waals surface area contributed by atoms with Gasteiger partial charge in [-0.05, 0) is 30.0 Å². The van der Waals surface area contributed by atoms with Gasteiger partial charge in [0.1, 0.15) is 5.75 Å². The molecule has 0 bridgehead atoms. The van der Waals surface area contributed by atoms with Gasteiger partial charge < -0.3 is 10.1 Å². The SMILES string of the molecule is CCCC(C)CC(=O)NC(CC)c1ccc(OC)cc1. The van der Waals surface area contributed by atoms with Crippen LogP contribution in [0.15, 0.2) is 24.3 Å². The van der Waals surface area contributed by atoms with Gasteiger partial charge in [-0.3, -0.25) is 4.79 Å². The molecule has 1 aromatic rings. The largest absolute Gasteiger partial charge is 0.497 e. The highest BCUT2D eigenvalue weighted by Gasteiger charge is 2.14. The summed E-state index contributed by atoms with van der Waals surface area (Å²) in [5, 5.41) is 3.13. The number of benzene rings is 1. The molecule has 0 aliphatic carbocycles. The quantitative estimate of drug-likeness (QED) is 0.777. The molecule has 1 N–H and O–H groups in total. The van der Waals surface area contributed by atoms with E-state index in [1.165, 1.54) is 0 Å². The van der Waals surface area contributed by atoms with E-state index in [9.17, 15) is 4.79 Å². The lowest BCUT2D eigenvalue weighted by molar-refractivity contribution is -0.122. The Morgan fingerprint density at radius 1 is 1.25 bits per heavy atom. The van der Waals surface area contributed by atoms with Gasteiger partial charge in [-0.25, -0.2) is 0 Å². The normalized spacial score (nSPS) is 13.6. The average Bonchev–Trinajstić information content (AvgIpc) is 2.45. The molecule has 0 aliphatic heterocycles. The average molecular weight is 277 g/mol. The number of amides is 1. The van der Waals surface area contributed by atoms with E-state index in [0.29, 0.717) is 12.3 Å². The number of rotatable bonds is 8. The van der Waals surface area contributed by atoms with Crippen LogP contribution in [0.1, 0.15) is 58.1 Å².